The van der Waals surface area contributed by atoms with Gasteiger partial charge in [-0.1, -0.05) is 12.1 Å². The van der Waals surface area contributed by atoms with E-state index in [1.165, 1.54) is 12.1 Å². The third-order valence-electron chi connectivity index (χ3n) is 4.16. The molecule has 0 bridgehead atoms. The highest BCUT2D eigenvalue weighted by atomic mass is 19.1. The molecule has 0 amide bonds. The molecule has 1 aromatic heterocycles. The van der Waals surface area contributed by atoms with Gasteiger partial charge in [-0.25, -0.2) is 4.39 Å². The van der Waals surface area contributed by atoms with Gasteiger partial charge in [-0.05, 0) is 37.0 Å². The summed E-state index contributed by atoms with van der Waals surface area (Å²) in [5.74, 6) is -0.259. The highest BCUT2D eigenvalue weighted by Gasteiger charge is 2.34. The number of benzene rings is 1. The molecule has 0 aliphatic heterocycles. The zero-order valence-corrected chi connectivity index (χ0v) is 12.1. The van der Waals surface area contributed by atoms with Crippen molar-refractivity contribution in [2.45, 2.75) is 30.9 Å². The zero-order chi connectivity index (χ0) is 14.9. The molecule has 2 N–H and O–H groups in total. The summed E-state index contributed by atoms with van der Waals surface area (Å²) in [6.45, 7) is 0.503. The van der Waals surface area contributed by atoms with Gasteiger partial charge >= 0.3 is 0 Å². The summed E-state index contributed by atoms with van der Waals surface area (Å²) in [4.78, 5) is 0. The molecule has 0 saturated heterocycles. The van der Waals surface area contributed by atoms with Crippen molar-refractivity contribution in [3.8, 4) is 0 Å². The van der Waals surface area contributed by atoms with E-state index >= 15 is 0 Å². The summed E-state index contributed by atoms with van der Waals surface area (Å²) in [6, 6.07) is 6.38. The molecule has 1 saturated carbocycles. The molecule has 21 heavy (non-hydrogen) atoms. The van der Waals surface area contributed by atoms with Crippen LogP contribution in [0.2, 0.25) is 0 Å². The van der Waals surface area contributed by atoms with Crippen LogP contribution in [-0.4, -0.2) is 27.0 Å². The molecular weight excluding hydrogens is 269 g/mol. The van der Waals surface area contributed by atoms with Gasteiger partial charge < -0.3 is 10.4 Å². The monoisotopic (exact) mass is 289 g/mol. The minimum atomic E-state index is -0.617. The SMILES string of the molecule is Cn1cc(C(NCC2(O)CCC2)c2cccc(F)c2)cn1. The lowest BCUT2D eigenvalue weighted by atomic mass is 9.80. The summed E-state index contributed by atoms with van der Waals surface area (Å²) >= 11 is 0. The van der Waals surface area contributed by atoms with Gasteiger partial charge in [-0.2, -0.15) is 5.10 Å². The quantitative estimate of drug-likeness (QED) is 0.887. The highest BCUT2D eigenvalue weighted by molar-refractivity contribution is 5.29. The zero-order valence-electron chi connectivity index (χ0n) is 12.1. The van der Waals surface area contributed by atoms with E-state index in [1.54, 1.807) is 16.9 Å². The number of nitrogens with one attached hydrogen (secondary N) is 1. The molecule has 112 valence electrons. The molecular formula is C16H20FN3O. The Morgan fingerprint density at radius 2 is 2.24 bits per heavy atom. The summed E-state index contributed by atoms with van der Waals surface area (Å²) in [7, 11) is 1.85. The van der Waals surface area contributed by atoms with Gasteiger partial charge in [-0.3, -0.25) is 4.68 Å². The minimum absolute atomic E-state index is 0.168. The molecule has 3 rings (SSSR count). The lowest BCUT2D eigenvalue weighted by Gasteiger charge is -2.38. The fraction of sp³-hybridized carbons (Fsp3) is 0.438. The number of halogens is 1. The van der Waals surface area contributed by atoms with Crippen LogP contribution in [0, 0.1) is 5.82 Å². The van der Waals surface area contributed by atoms with E-state index in [0.29, 0.717) is 6.54 Å². The number of hydrogen-bond acceptors (Lipinski definition) is 3. The molecule has 0 radical (unpaired) electrons. The molecule has 1 unspecified atom stereocenters. The molecule has 1 aliphatic rings. The van der Waals surface area contributed by atoms with E-state index in [2.05, 4.69) is 10.4 Å². The minimum Gasteiger partial charge on any atom is -0.389 e. The maximum atomic E-state index is 13.5. The second-order valence-electron chi connectivity index (χ2n) is 5.89. The van der Waals surface area contributed by atoms with Crippen molar-refractivity contribution in [2.24, 2.45) is 7.05 Å². The first-order valence-corrected chi connectivity index (χ1v) is 7.26. The second-order valence-corrected chi connectivity index (χ2v) is 5.89. The second kappa shape index (κ2) is 5.58. The number of rotatable bonds is 5. The van der Waals surface area contributed by atoms with Crippen LogP contribution in [0.25, 0.3) is 0 Å². The van der Waals surface area contributed by atoms with E-state index in [9.17, 15) is 9.50 Å². The van der Waals surface area contributed by atoms with E-state index in [-0.39, 0.29) is 11.9 Å². The van der Waals surface area contributed by atoms with Crippen molar-refractivity contribution in [1.29, 1.82) is 0 Å². The topological polar surface area (TPSA) is 50.1 Å². The summed E-state index contributed by atoms with van der Waals surface area (Å²) in [5.41, 5.74) is 1.19. The summed E-state index contributed by atoms with van der Waals surface area (Å²) in [5, 5.41) is 17.8. The van der Waals surface area contributed by atoms with E-state index in [4.69, 9.17) is 0 Å². The highest BCUT2D eigenvalue weighted by Crippen LogP contribution is 2.32. The van der Waals surface area contributed by atoms with Crippen molar-refractivity contribution in [2.75, 3.05) is 6.54 Å². The predicted molar refractivity (Wildman–Crippen MR) is 78.3 cm³/mol. The van der Waals surface area contributed by atoms with E-state index in [1.807, 2.05) is 19.3 Å². The summed E-state index contributed by atoms with van der Waals surface area (Å²) < 4.78 is 15.2. The van der Waals surface area contributed by atoms with E-state index < -0.39 is 5.60 Å². The number of aromatic nitrogens is 2. The van der Waals surface area contributed by atoms with Gasteiger partial charge in [0, 0.05) is 25.4 Å². The molecule has 0 spiro atoms. The fourth-order valence-electron chi connectivity index (χ4n) is 2.76. The Morgan fingerprint density at radius 1 is 1.43 bits per heavy atom. The number of aliphatic hydroxyl groups is 1. The van der Waals surface area contributed by atoms with Crippen LogP contribution in [-0.2, 0) is 7.05 Å². The van der Waals surface area contributed by atoms with Crippen molar-refractivity contribution in [1.82, 2.24) is 15.1 Å². The van der Waals surface area contributed by atoms with Crippen LogP contribution in [0.4, 0.5) is 4.39 Å². The van der Waals surface area contributed by atoms with Crippen molar-refractivity contribution in [3.63, 3.8) is 0 Å². The van der Waals surface area contributed by atoms with Crippen LogP contribution >= 0.6 is 0 Å². The third kappa shape index (κ3) is 3.14. The Kier molecular flexibility index (Phi) is 3.78. The van der Waals surface area contributed by atoms with Gasteiger partial charge in [0.2, 0.25) is 0 Å². The molecule has 1 fully saturated rings. The molecule has 2 aromatic rings. The van der Waals surface area contributed by atoms with Gasteiger partial charge in [0.25, 0.3) is 0 Å². The Balaban J connectivity index is 1.83. The van der Waals surface area contributed by atoms with Crippen LogP contribution in [0.3, 0.4) is 0 Å². The molecule has 1 aliphatic carbocycles. The van der Waals surface area contributed by atoms with Crippen LogP contribution in [0.1, 0.15) is 36.4 Å². The number of hydrogen-bond donors (Lipinski definition) is 2. The van der Waals surface area contributed by atoms with Gasteiger partial charge in [0.1, 0.15) is 5.82 Å². The number of aryl methyl sites for hydroxylation is 1. The average molecular weight is 289 g/mol. The first-order valence-electron chi connectivity index (χ1n) is 7.26. The van der Waals surface area contributed by atoms with Crippen LogP contribution in [0.15, 0.2) is 36.7 Å². The van der Waals surface area contributed by atoms with Gasteiger partial charge in [0.05, 0.1) is 17.8 Å². The molecule has 1 atom stereocenters. The fourth-order valence-corrected chi connectivity index (χ4v) is 2.76. The van der Waals surface area contributed by atoms with E-state index in [0.717, 1.165) is 30.4 Å². The average Bonchev–Trinajstić information content (AvgIpc) is 2.84. The van der Waals surface area contributed by atoms with Crippen molar-refractivity contribution >= 4 is 0 Å². The largest absolute Gasteiger partial charge is 0.389 e. The summed E-state index contributed by atoms with van der Waals surface area (Å²) in [6.07, 6.45) is 6.39. The Bertz CT molecular complexity index is 621. The first-order chi connectivity index (χ1) is 10.1. The lowest BCUT2D eigenvalue weighted by Crippen LogP contribution is -2.47. The Hall–Kier alpha value is -1.72. The Morgan fingerprint density at radius 3 is 2.81 bits per heavy atom. The molecule has 5 heteroatoms. The third-order valence-corrected chi connectivity index (χ3v) is 4.16. The lowest BCUT2D eigenvalue weighted by molar-refractivity contribution is -0.0325. The first kappa shape index (κ1) is 14.2. The maximum Gasteiger partial charge on any atom is 0.123 e. The van der Waals surface area contributed by atoms with Crippen LogP contribution < -0.4 is 5.32 Å². The Labute approximate surface area is 123 Å². The number of nitrogens with zero attached hydrogens (tertiary/aromatic N) is 2. The molecule has 1 heterocycles. The predicted octanol–water partition coefficient (Wildman–Crippen LogP) is 2.15. The van der Waals surface area contributed by atoms with Crippen molar-refractivity contribution in [3.05, 3.63) is 53.6 Å². The van der Waals surface area contributed by atoms with Gasteiger partial charge in [-0.15, -0.1) is 0 Å². The molecule has 1 aromatic carbocycles. The molecule has 4 nitrogen and oxygen atoms in total. The van der Waals surface area contributed by atoms with Gasteiger partial charge in [0.15, 0.2) is 0 Å². The normalized spacial score (nSPS) is 18.2. The van der Waals surface area contributed by atoms with Crippen molar-refractivity contribution < 1.29 is 9.50 Å². The smallest absolute Gasteiger partial charge is 0.123 e. The standard InChI is InChI=1S/C16H20FN3O/c1-20-10-13(9-19-20)15(12-4-2-5-14(17)8-12)18-11-16(21)6-3-7-16/h2,4-5,8-10,15,18,21H,3,6-7,11H2,1H3. The van der Waals surface area contributed by atoms with Crippen LogP contribution in [0.5, 0.6) is 0 Å². The maximum absolute atomic E-state index is 13.5.